The van der Waals surface area contributed by atoms with Gasteiger partial charge in [0.05, 0.1) is 0 Å². The van der Waals surface area contributed by atoms with Crippen LogP contribution in [-0.4, -0.2) is 67.7 Å². The predicted octanol–water partition coefficient (Wildman–Crippen LogP) is 2.64. The number of piperidine rings is 1. The van der Waals surface area contributed by atoms with E-state index in [1.165, 1.54) is 25.1 Å². The molecule has 0 bridgehead atoms. The Morgan fingerprint density at radius 2 is 1.88 bits per heavy atom. The fourth-order valence-corrected chi connectivity index (χ4v) is 3.99. The summed E-state index contributed by atoms with van der Waals surface area (Å²) in [6, 6.07) is 10.7. The molecule has 25 heavy (non-hydrogen) atoms. The molecule has 5 heteroatoms. The molecule has 1 aromatic carbocycles. The van der Waals surface area contributed by atoms with Crippen molar-refractivity contribution in [2.45, 2.75) is 32.7 Å². The Kier molecular flexibility index (Phi) is 6.19. The van der Waals surface area contributed by atoms with Crippen LogP contribution < -0.4 is 10.2 Å². The minimum Gasteiger partial charge on any atom is -0.368 e. The molecule has 2 aliphatic heterocycles. The fourth-order valence-electron chi connectivity index (χ4n) is 3.99. The van der Waals surface area contributed by atoms with Crippen molar-refractivity contribution < 1.29 is 4.79 Å². The molecule has 2 aliphatic rings. The minimum atomic E-state index is 0.0882. The van der Waals surface area contributed by atoms with E-state index >= 15 is 0 Å². The number of benzene rings is 1. The Morgan fingerprint density at radius 3 is 2.56 bits per heavy atom. The molecule has 0 aliphatic carbocycles. The van der Waals surface area contributed by atoms with Crippen LogP contribution in [0, 0.1) is 5.92 Å². The maximum absolute atomic E-state index is 12.5. The van der Waals surface area contributed by atoms with Crippen molar-refractivity contribution in [2.24, 2.45) is 5.92 Å². The Labute approximate surface area is 152 Å². The normalized spacial score (nSPS) is 23.4. The summed E-state index contributed by atoms with van der Waals surface area (Å²) in [5, 5.41) is 3.19. The highest BCUT2D eigenvalue weighted by Crippen LogP contribution is 2.17. The molecular formula is C20H32N4O. The molecule has 1 N–H and O–H groups in total. The van der Waals surface area contributed by atoms with E-state index in [0.29, 0.717) is 0 Å². The molecule has 5 nitrogen and oxygen atoms in total. The highest BCUT2D eigenvalue weighted by Gasteiger charge is 2.23. The number of urea groups is 1. The summed E-state index contributed by atoms with van der Waals surface area (Å²) in [6.07, 6.45) is 2.62. The number of hydrogen-bond donors (Lipinski definition) is 1. The average Bonchev–Trinajstić information content (AvgIpc) is 2.62. The highest BCUT2D eigenvalue weighted by atomic mass is 16.2. The topological polar surface area (TPSA) is 38.8 Å². The van der Waals surface area contributed by atoms with Crippen LogP contribution in [0.1, 0.15) is 26.7 Å². The molecule has 2 heterocycles. The number of carbonyl (C=O) groups is 1. The summed E-state index contributed by atoms with van der Waals surface area (Å²) in [6.45, 7) is 11.1. The summed E-state index contributed by atoms with van der Waals surface area (Å²) in [5.41, 5.74) is 1.25. The Morgan fingerprint density at radius 1 is 1.16 bits per heavy atom. The lowest BCUT2D eigenvalue weighted by atomic mass is 10.00. The summed E-state index contributed by atoms with van der Waals surface area (Å²) in [4.78, 5) is 19.3. The first kappa shape index (κ1) is 18.1. The number of carbonyl (C=O) groups excluding carboxylic acids is 1. The van der Waals surface area contributed by atoms with Crippen molar-refractivity contribution in [1.82, 2.24) is 15.1 Å². The molecule has 2 atom stereocenters. The maximum atomic E-state index is 12.5. The smallest absolute Gasteiger partial charge is 0.317 e. The molecule has 2 amide bonds. The molecule has 1 aromatic rings. The third-order valence-corrected chi connectivity index (χ3v) is 5.33. The first-order valence-corrected chi connectivity index (χ1v) is 9.69. The SMILES string of the molecule is CC1CCCN(CC(C)NC(=O)N2CCN(c3ccccc3)CC2)C1. The number of hydrogen-bond acceptors (Lipinski definition) is 3. The molecule has 0 aromatic heterocycles. The van der Waals surface area contributed by atoms with Crippen LogP contribution in [0.3, 0.4) is 0 Å². The molecule has 138 valence electrons. The molecule has 0 spiro atoms. The number of anilines is 1. The van der Waals surface area contributed by atoms with Crippen molar-refractivity contribution in [3.8, 4) is 0 Å². The van der Waals surface area contributed by atoms with Crippen molar-refractivity contribution in [2.75, 3.05) is 50.7 Å². The van der Waals surface area contributed by atoms with Crippen LogP contribution in [0.4, 0.5) is 10.5 Å². The van der Waals surface area contributed by atoms with Crippen molar-refractivity contribution in [3.05, 3.63) is 30.3 Å². The van der Waals surface area contributed by atoms with Gasteiger partial charge in [0, 0.05) is 51.0 Å². The van der Waals surface area contributed by atoms with Crippen molar-refractivity contribution in [1.29, 1.82) is 0 Å². The van der Waals surface area contributed by atoms with Crippen LogP contribution >= 0.6 is 0 Å². The lowest BCUT2D eigenvalue weighted by Crippen LogP contribution is -2.54. The monoisotopic (exact) mass is 344 g/mol. The maximum Gasteiger partial charge on any atom is 0.317 e. The van der Waals surface area contributed by atoms with Gasteiger partial charge < -0.3 is 20.0 Å². The van der Waals surface area contributed by atoms with Crippen LogP contribution in [0.2, 0.25) is 0 Å². The predicted molar refractivity (Wildman–Crippen MR) is 103 cm³/mol. The second kappa shape index (κ2) is 8.56. The molecule has 3 rings (SSSR count). The van der Waals surface area contributed by atoms with Gasteiger partial charge in [-0.15, -0.1) is 0 Å². The molecular weight excluding hydrogens is 312 g/mol. The third kappa shape index (κ3) is 5.11. The van der Waals surface area contributed by atoms with E-state index in [1.54, 1.807) is 0 Å². The van der Waals surface area contributed by atoms with Gasteiger partial charge in [-0.25, -0.2) is 4.79 Å². The number of amides is 2. The van der Waals surface area contributed by atoms with Gasteiger partial charge in [0.2, 0.25) is 0 Å². The first-order chi connectivity index (χ1) is 12.1. The third-order valence-electron chi connectivity index (χ3n) is 5.33. The lowest BCUT2D eigenvalue weighted by molar-refractivity contribution is 0.160. The molecule has 2 fully saturated rings. The van der Waals surface area contributed by atoms with Crippen LogP contribution in [0.25, 0.3) is 0 Å². The fraction of sp³-hybridized carbons (Fsp3) is 0.650. The van der Waals surface area contributed by atoms with Gasteiger partial charge in [-0.05, 0) is 44.4 Å². The summed E-state index contributed by atoms with van der Waals surface area (Å²) < 4.78 is 0. The minimum absolute atomic E-state index is 0.0882. The average molecular weight is 345 g/mol. The van der Waals surface area contributed by atoms with Crippen LogP contribution in [0.15, 0.2) is 30.3 Å². The van der Waals surface area contributed by atoms with Gasteiger partial charge in [-0.2, -0.15) is 0 Å². The van der Waals surface area contributed by atoms with Gasteiger partial charge in [0.15, 0.2) is 0 Å². The lowest BCUT2D eigenvalue weighted by Gasteiger charge is -2.37. The van der Waals surface area contributed by atoms with Gasteiger partial charge >= 0.3 is 6.03 Å². The zero-order valence-electron chi connectivity index (χ0n) is 15.7. The molecule has 0 saturated carbocycles. The Balaban J connectivity index is 1.41. The van der Waals surface area contributed by atoms with E-state index in [-0.39, 0.29) is 12.1 Å². The van der Waals surface area contributed by atoms with E-state index < -0.39 is 0 Å². The number of nitrogens with one attached hydrogen (secondary N) is 1. The molecule has 0 radical (unpaired) electrons. The zero-order chi connectivity index (χ0) is 17.6. The summed E-state index contributed by atoms with van der Waals surface area (Å²) >= 11 is 0. The van der Waals surface area contributed by atoms with Crippen molar-refractivity contribution >= 4 is 11.7 Å². The summed E-state index contributed by atoms with van der Waals surface area (Å²) in [7, 11) is 0. The van der Waals surface area contributed by atoms with Crippen LogP contribution in [-0.2, 0) is 0 Å². The zero-order valence-corrected chi connectivity index (χ0v) is 15.7. The number of piperazine rings is 1. The van der Waals surface area contributed by atoms with E-state index in [2.05, 4.69) is 53.2 Å². The summed E-state index contributed by atoms with van der Waals surface area (Å²) in [5.74, 6) is 0.780. The van der Waals surface area contributed by atoms with E-state index in [4.69, 9.17) is 0 Å². The van der Waals surface area contributed by atoms with Crippen molar-refractivity contribution in [3.63, 3.8) is 0 Å². The van der Waals surface area contributed by atoms with Gasteiger partial charge in [-0.1, -0.05) is 25.1 Å². The quantitative estimate of drug-likeness (QED) is 0.913. The largest absolute Gasteiger partial charge is 0.368 e. The van der Waals surface area contributed by atoms with E-state index in [0.717, 1.165) is 45.2 Å². The Hall–Kier alpha value is -1.75. The van der Waals surface area contributed by atoms with Gasteiger partial charge in [0.1, 0.15) is 0 Å². The second-order valence-electron chi connectivity index (χ2n) is 7.67. The van der Waals surface area contributed by atoms with Gasteiger partial charge in [0.25, 0.3) is 0 Å². The standard InChI is InChI=1S/C20H32N4O/c1-17-7-6-10-22(15-17)16-18(2)21-20(25)24-13-11-23(12-14-24)19-8-4-3-5-9-19/h3-5,8-9,17-18H,6-7,10-16H2,1-2H3,(H,21,25). The van der Waals surface area contributed by atoms with E-state index in [9.17, 15) is 4.79 Å². The van der Waals surface area contributed by atoms with Crippen LogP contribution in [0.5, 0.6) is 0 Å². The number of para-hydroxylation sites is 1. The number of nitrogens with zero attached hydrogens (tertiary/aromatic N) is 3. The van der Waals surface area contributed by atoms with Gasteiger partial charge in [-0.3, -0.25) is 0 Å². The number of likely N-dealkylation sites (tertiary alicyclic amines) is 1. The number of rotatable bonds is 4. The molecule has 2 unspecified atom stereocenters. The highest BCUT2D eigenvalue weighted by molar-refractivity contribution is 5.75. The second-order valence-corrected chi connectivity index (χ2v) is 7.67. The van der Waals surface area contributed by atoms with E-state index in [1.807, 2.05) is 11.0 Å². The Bertz CT molecular complexity index is 542. The molecule has 2 saturated heterocycles. The first-order valence-electron chi connectivity index (χ1n) is 9.69.